The fraction of sp³-hybridized carbons (Fsp3) is 0.385. The van der Waals surface area contributed by atoms with E-state index in [-0.39, 0.29) is 17.3 Å². The molecule has 116 valence electrons. The third-order valence-electron chi connectivity index (χ3n) is 2.59. The molecule has 21 heavy (non-hydrogen) atoms. The van der Waals surface area contributed by atoms with Crippen LogP contribution < -0.4 is 10.5 Å². The van der Waals surface area contributed by atoms with Crippen molar-refractivity contribution in [3.63, 3.8) is 0 Å². The van der Waals surface area contributed by atoms with Crippen molar-refractivity contribution in [2.24, 2.45) is 5.73 Å². The normalized spacial score (nSPS) is 12.7. The minimum absolute atomic E-state index is 0.200. The van der Waals surface area contributed by atoms with Gasteiger partial charge >= 0.3 is 5.97 Å². The van der Waals surface area contributed by atoms with Crippen molar-refractivity contribution in [3.05, 3.63) is 35.4 Å². The average molecular weight is 330 g/mol. The summed E-state index contributed by atoms with van der Waals surface area (Å²) in [4.78, 5) is 11.7. The molecule has 0 aliphatic rings. The summed E-state index contributed by atoms with van der Waals surface area (Å²) in [6.07, 6.45) is 0. The number of ether oxygens (including phenoxy) is 1. The van der Waals surface area contributed by atoms with Gasteiger partial charge in [-0.25, -0.2) is 13.1 Å². The van der Waals surface area contributed by atoms with E-state index < -0.39 is 22.0 Å². The van der Waals surface area contributed by atoms with Crippen molar-refractivity contribution < 1.29 is 17.9 Å². The first kappa shape index (κ1) is 17.5. The molecule has 0 heterocycles. The number of hydrogen-bond donors (Lipinski definition) is 2. The lowest BCUT2D eigenvalue weighted by Gasteiger charge is -2.13. The van der Waals surface area contributed by atoms with Crippen LogP contribution in [0.1, 0.15) is 25.0 Å². The molecular weight excluding hydrogens is 312 g/mol. The van der Waals surface area contributed by atoms with Crippen LogP contribution in [-0.2, 0) is 25.3 Å². The summed E-state index contributed by atoms with van der Waals surface area (Å²) in [7, 11) is -3.65. The Bertz CT molecular complexity index is 612. The standard InChI is InChI=1S/C13H18N2O4S2/c1-3-19-13(16)9(2)15-21(17,18)8-10-4-6-11(7-5-10)12(14)20/h4-7,9,15H,3,8H2,1-2H3,(H2,14,20). The van der Waals surface area contributed by atoms with Gasteiger partial charge < -0.3 is 10.5 Å². The van der Waals surface area contributed by atoms with Crippen LogP contribution in [0.25, 0.3) is 0 Å². The van der Waals surface area contributed by atoms with Crippen molar-refractivity contribution in [1.82, 2.24) is 4.72 Å². The lowest BCUT2D eigenvalue weighted by molar-refractivity contribution is -0.144. The van der Waals surface area contributed by atoms with Crippen LogP contribution in [0.2, 0.25) is 0 Å². The Labute approximate surface area is 129 Å². The fourth-order valence-corrected chi connectivity index (χ4v) is 3.10. The molecule has 0 spiro atoms. The van der Waals surface area contributed by atoms with Gasteiger partial charge in [-0.15, -0.1) is 0 Å². The highest BCUT2D eigenvalue weighted by atomic mass is 32.2. The maximum absolute atomic E-state index is 12.0. The maximum atomic E-state index is 12.0. The number of thiocarbonyl (C=S) groups is 1. The number of carbonyl (C=O) groups is 1. The Hall–Kier alpha value is -1.51. The zero-order chi connectivity index (χ0) is 16.0. The van der Waals surface area contributed by atoms with Crippen LogP contribution in [0.4, 0.5) is 0 Å². The van der Waals surface area contributed by atoms with E-state index in [4.69, 9.17) is 22.7 Å². The molecule has 3 N–H and O–H groups in total. The molecule has 0 radical (unpaired) electrons. The predicted molar refractivity (Wildman–Crippen MR) is 84.2 cm³/mol. The van der Waals surface area contributed by atoms with Crippen LogP contribution in [0.3, 0.4) is 0 Å². The smallest absolute Gasteiger partial charge is 0.323 e. The second-order valence-corrected chi connectivity index (χ2v) is 6.61. The molecule has 8 heteroatoms. The van der Waals surface area contributed by atoms with Crippen LogP contribution in [0.15, 0.2) is 24.3 Å². The summed E-state index contributed by atoms with van der Waals surface area (Å²) in [5.41, 5.74) is 6.70. The van der Waals surface area contributed by atoms with Crippen molar-refractivity contribution in [2.45, 2.75) is 25.6 Å². The fourth-order valence-electron chi connectivity index (χ4n) is 1.61. The summed E-state index contributed by atoms with van der Waals surface area (Å²) in [5.74, 6) is -0.848. The van der Waals surface area contributed by atoms with Gasteiger partial charge in [0.15, 0.2) is 0 Å². The van der Waals surface area contributed by atoms with Gasteiger partial charge in [-0.1, -0.05) is 36.5 Å². The quantitative estimate of drug-likeness (QED) is 0.564. The summed E-state index contributed by atoms with van der Waals surface area (Å²) in [5, 5.41) is 0. The molecule has 0 aliphatic heterocycles. The minimum Gasteiger partial charge on any atom is -0.465 e. The van der Waals surface area contributed by atoms with Gasteiger partial charge in [0.2, 0.25) is 10.0 Å². The number of benzene rings is 1. The lowest BCUT2D eigenvalue weighted by Crippen LogP contribution is -2.40. The van der Waals surface area contributed by atoms with E-state index in [1.807, 2.05) is 0 Å². The van der Waals surface area contributed by atoms with Crippen LogP contribution in [0, 0.1) is 0 Å². The van der Waals surface area contributed by atoms with Gasteiger partial charge in [0.25, 0.3) is 0 Å². The van der Waals surface area contributed by atoms with Crippen molar-refractivity contribution in [1.29, 1.82) is 0 Å². The first-order valence-corrected chi connectivity index (χ1v) is 8.36. The van der Waals surface area contributed by atoms with Crippen molar-refractivity contribution in [2.75, 3.05) is 6.61 Å². The highest BCUT2D eigenvalue weighted by Crippen LogP contribution is 2.08. The SMILES string of the molecule is CCOC(=O)C(C)NS(=O)(=O)Cc1ccc(C(N)=S)cc1. The van der Waals surface area contributed by atoms with Crippen LogP contribution in [0.5, 0.6) is 0 Å². The molecule has 0 amide bonds. The zero-order valence-corrected chi connectivity index (χ0v) is 13.5. The molecule has 1 atom stereocenters. The van der Waals surface area contributed by atoms with E-state index >= 15 is 0 Å². The minimum atomic E-state index is -3.65. The highest BCUT2D eigenvalue weighted by Gasteiger charge is 2.21. The van der Waals surface area contributed by atoms with Crippen LogP contribution >= 0.6 is 12.2 Å². The molecule has 1 aromatic rings. The Morgan fingerprint density at radius 3 is 2.43 bits per heavy atom. The Morgan fingerprint density at radius 1 is 1.38 bits per heavy atom. The van der Waals surface area contributed by atoms with E-state index in [2.05, 4.69) is 4.72 Å². The molecule has 6 nitrogen and oxygen atoms in total. The van der Waals surface area contributed by atoms with Crippen LogP contribution in [-0.4, -0.2) is 32.0 Å². The molecule has 0 aromatic heterocycles. The maximum Gasteiger partial charge on any atom is 0.323 e. The third-order valence-corrected chi connectivity index (χ3v) is 4.25. The molecule has 1 unspecified atom stereocenters. The average Bonchev–Trinajstić information content (AvgIpc) is 2.38. The summed E-state index contributed by atoms with van der Waals surface area (Å²) in [6, 6.07) is 5.64. The van der Waals surface area contributed by atoms with Crippen molar-refractivity contribution >= 4 is 33.2 Å². The number of esters is 1. The molecule has 0 saturated heterocycles. The van der Waals surface area contributed by atoms with Gasteiger partial charge in [0.1, 0.15) is 11.0 Å². The van der Waals surface area contributed by atoms with E-state index in [1.165, 1.54) is 6.92 Å². The second-order valence-electron chi connectivity index (χ2n) is 4.41. The zero-order valence-electron chi connectivity index (χ0n) is 11.8. The second kappa shape index (κ2) is 7.48. The number of nitrogens with two attached hydrogens (primary N) is 1. The highest BCUT2D eigenvalue weighted by molar-refractivity contribution is 7.88. The van der Waals surface area contributed by atoms with E-state index in [0.717, 1.165) is 0 Å². The van der Waals surface area contributed by atoms with E-state index in [1.54, 1.807) is 31.2 Å². The third kappa shape index (κ3) is 5.78. The first-order valence-electron chi connectivity index (χ1n) is 6.30. The van der Waals surface area contributed by atoms with Gasteiger partial charge in [-0.3, -0.25) is 4.79 Å². The van der Waals surface area contributed by atoms with Gasteiger partial charge in [0.05, 0.1) is 12.4 Å². The number of sulfonamides is 1. The summed E-state index contributed by atoms with van der Waals surface area (Å²) >= 11 is 4.82. The van der Waals surface area contributed by atoms with E-state index in [9.17, 15) is 13.2 Å². The molecule has 0 fully saturated rings. The Morgan fingerprint density at radius 2 is 1.95 bits per heavy atom. The topological polar surface area (TPSA) is 98.5 Å². The van der Waals surface area contributed by atoms with Gasteiger partial charge in [-0.2, -0.15) is 0 Å². The number of hydrogen-bond acceptors (Lipinski definition) is 5. The predicted octanol–water partition coefficient (Wildman–Crippen LogP) is 0.692. The lowest BCUT2D eigenvalue weighted by atomic mass is 10.1. The molecular formula is C13H18N2O4S2. The largest absolute Gasteiger partial charge is 0.465 e. The number of nitrogens with one attached hydrogen (secondary N) is 1. The monoisotopic (exact) mass is 330 g/mol. The van der Waals surface area contributed by atoms with E-state index in [0.29, 0.717) is 11.1 Å². The Kier molecular flexibility index (Phi) is 6.25. The molecule has 1 rings (SSSR count). The summed E-state index contributed by atoms with van der Waals surface area (Å²) in [6.45, 7) is 3.29. The molecule has 0 aliphatic carbocycles. The van der Waals surface area contributed by atoms with Gasteiger partial charge in [-0.05, 0) is 19.4 Å². The molecule has 1 aromatic carbocycles. The Balaban J connectivity index is 2.72. The number of carbonyl (C=O) groups excluding carboxylic acids is 1. The number of rotatable bonds is 7. The molecule has 0 saturated carbocycles. The van der Waals surface area contributed by atoms with Gasteiger partial charge in [0, 0.05) is 5.56 Å². The summed E-state index contributed by atoms with van der Waals surface area (Å²) < 4.78 is 31.0. The van der Waals surface area contributed by atoms with Crippen molar-refractivity contribution in [3.8, 4) is 0 Å². The first-order chi connectivity index (χ1) is 9.75. The molecule has 0 bridgehead atoms.